The Morgan fingerprint density at radius 1 is 1.64 bits per heavy atom. The Hall–Kier alpha value is -0.990. The summed E-state index contributed by atoms with van der Waals surface area (Å²) in [5.74, 6) is 0.606. The maximum Gasteiger partial charge on any atom is 0.413 e. The first-order chi connectivity index (χ1) is 5.33. The molecule has 2 aliphatic rings. The molecule has 0 aromatic heterocycles. The Kier molecular flexibility index (Phi) is 1.37. The van der Waals surface area contributed by atoms with Gasteiger partial charge in [-0.25, -0.2) is 4.79 Å². The highest BCUT2D eigenvalue weighted by Crippen LogP contribution is 2.38. The molecule has 1 heterocycles. The van der Waals surface area contributed by atoms with E-state index in [0.717, 1.165) is 6.42 Å². The summed E-state index contributed by atoms with van der Waals surface area (Å²) in [6.45, 7) is 0. The van der Waals surface area contributed by atoms with Gasteiger partial charge in [-0.2, -0.15) is 0 Å². The molecule has 60 valence electrons. The highest BCUT2D eigenvalue weighted by molar-refractivity contribution is 5.70. The van der Waals surface area contributed by atoms with Crippen LogP contribution in [0.4, 0.5) is 4.79 Å². The molecule has 1 aliphatic heterocycles. The molecule has 2 rings (SSSR count). The monoisotopic (exact) mass is 153 g/mol. The molecule has 1 fully saturated rings. The van der Waals surface area contributed by atoms with Crippen molar-refractivity contribution in [3.63, 3.8) is 0 Å². The van der Waals surface area contributed by atoms with Crippen LogP contribution in [0.25, 0.3) is 0 Å². The zero-order chi connectivity index (χ0) is 7.84. The summed E-state index contributed by atoms with van der Waals surface area (Å²) in [4.78, 5) is 12.7. The van der Waals surface area contributed by atoms with Crippen LogP contribution < -0.4 is 0 Å². The molecule has 2 atom stereocenters. The minimum absolute atomic E-state index is 0.228. The molecular formula is C8H11NO2. The molecule has 1 amide bonds. The van der Waals surface area contributed by atoms with Gasteiger partial charge in [0.15, 0.2) is 0 Å². The molecule has 1 aliphatic carbocycles. The number of methoxy groups -OCH3 is 1. The number of rotatable bonds is 0. The van der Waals surface area contributed by atoms with Crippen LogP contribution in [0.2, 0.25) is 0 Å². The summed E-state index contributed by atoms with van der Waals surface area (Å²) in [6.07, 6.45) is 6.04. The number of nitrogens with zero attached hydrogens (tertiary/aromatic N) is 1. The van der Waals surface area contributed by atoms with Gasteiger partial charge in [-0.1, -0.05) is 6.08 Å². The highest BCUT2D eigenvalue weighted by atomic mass is 16.5. The maximum absolute atomic E-state index is 11.1. The number of fused-ring (bicyclic) bond motifs is 1. The molecule has 0 aromatic rings. The third-order valence-electron chi connectivity index (χ3n) is 2.53. The van der Waals surface area contributed by atoms with Crippen LogP contribution in [0.3, 0.4) is 0 Å². The van der Waals surface area contributed by atoms with Gasteiger partial charge in [0.1, 0.15) is 0 Å². The van der Waals surface area contributed by atoms with E-state index in [1.165, 1.54) is 13.5 Å². The first-order valence-corrected chi connectivity index (χ1v) is 3.87. The van der Waals surface area contributed by atoms with Gasteiger partial charge < -0.3 is 4.74 Å². The summed E-state index contributed by atoms with van der Waals surface area (Å²) in [6, 6.07) is 0.405. The van der Waals surface area contributed by atoms with Crippen molar-refractivity contribution in [2.75, 3.05) is 7.11 Å². The maximum atomic E-state index is 11.1. The molecule has 1 saturated carbocycles. The lowest BCUT2D eigenvalue weighted by molar-refractivity contribution is 0.102. The third kappa shape index (κ3) is 0.836. The van der Waals surface area contributed by atoms with E-state index in [1.807, 2.05) is 6.20 Å². The molecule has 0 bridgehead atoms. The second kappa shape index (κ2) is 2.26. The largest absolute Gasteiger partial charge is 0.452 e. The topological polar surface area (TPSA) is 29.5 Å². The molecule has 0 N–H and O–H groups in total. The van der Waals surface area contributed by atoms with Gasteiger partial charge in [0.25, 0.3) is 0 Å². The number of carbonyl (C=O) groups is 1. The van der Waals surface area contributed by atoms with Crippen molar-refractivity contribution >= 4 is 6.09 Å². The predicted molar refractivity (Wildman–Crippen MR) is 39.9 cm³/mol. The molecule has 0 saturated heterocycles. The Morgan fingerprint density at radius 3 is 2.91 bits per heavy atom. The van der Waals surface area contributed by atoms with Crippen molar-refractivity contribution in [2.24, 2.45) is 5.92 Å². The molecule has 0 spiro atoms. The summed E-state index contributed by atoms with van der Waals surface area (Å²) in [7, 11) is 1.42. The summed E-state index contributed by atoms with van der Waals surface area (Å²) in [5, 5.41) is 0. The highest BCUT2D eigenvalue weighted by Gasteiger charge is 2.39. The minimum Gasteiger partial charge on any atom is -0.452 e. The van der Waals surface area contributed by atoms with Gasteiger partial charge in [-0.3, -0.25) is 4.90 Å². The van der Waals surface area contributed by atoms with Gasteiger partial charge in [-0.05, 0) is 18.8 Å². The predicted octanol–water partition coefficient (Wildman–Crippen LogP) is 1.36. The SMILES string of the molecule is COC(=O)N1C=CC2CCC21. The molecule has 2 unspecified atom stereocenters. The summed E-state index contributed by atoms with van der Waals surface area (Å²) >= 11 is 0. The number of carbonyl (C=O) groups excluding carboxylic acids is 1. The van der Waals surface area contributed by atoms with Crippen LogP contribution in [-0.2, 0) is 4.74 Å². The van der Waals surface area contributed by atoms with Gasteiger partial charge in [0, 0.05) is 12.2 Å². The van der Waals surface area contributed by atoms with Crippen LogP contribution in [0.15, 0.2) is 12.3 Å². The van der Waals surface area contributed by atoms with Gasteiger partial charge in [0.05, 0.1) is 7.11 Å². The van der Waals surface area contributed by atoms with E-state index < -0.39 is 0 Å². The van der Waals surface area contributed by atoms with E-state index in [0.29, 0.717) is 12.0 Å². The normalized spacial score (nSPS) is 33.0. The van der Waals surface area contributed by atoms with Gasteiger partial charge in [-0.15, -0.1) is 0 Å². The standard InChI is InChI=1S/C8H11NO2/c1-11-8(10)9-5-4-6-2-3-7(6)9/h4-7H,2-3H2,1H3. The van der Waals surface area contributed by atoms with Crippen molar-refractivity contribution in [1.29, 1.82) is 0 Å². The molecule has 0 radical (unpaired) electrons. The first kappa shape index (κ1) is 6.70. The third-order valence-corrected chi connectivity index (χ3v) is 2.53. The fourth-order valence-electron chi connectivity index (χ4n) is 1.69. The Labute approximate surface area is 65.6 Å². The zero-order valence-corrected chi connectivity index (χ0v) is 6.49. The molecule has 3 heteroatoms. The van der Waals surface area contributed by atoms with E-state index in [9.17, 15) is 4.79 Å². The molecule has 3 nitrogen and oxygen atoms in total. The lowest BCUT2D eigenvalue weighted by Gasteiger charge is -2.34. The van der Waals surface area contributed by atoms with Crippen molar-refractivity contribution in [1.82, 2.24) is 4.90 Å². The average molecular weight is 153 g/mol. The van der Waals surface area contributed by atoms with E-state index >= 15 is 0 Å². The molecule has 0 aromatic carbocycles. The second-order valence-corrected chi connectivity index (χ2v) is 3.03. The molecular weight excluding hydrogens is 142 g/mol. The Bertz CT molecular complexity index is 212. The number of ether oxygens (including phenoxy) is 1. The Morgan fingerprint density at radius 2 is 2.45 bits per heavy atom. The molecule has 11 heavy (non-hydrogen) atoms. The first-order valence-electron chi connectivity index (χ1n) is 3.87. The fourth-order valence-corrected chi connectivity index (χ4v) is 1.69. The average Bonchev–Trinajstić information content (AvgIpc) is 2.25. The van der Waals surface area contributed by atoms with Gasteiger partial charge >= 0.3 is 6.09 Å². The summed E-state index contributed by atoms with van der Waals surface area (Å²) in [5.41, 5.74) is 0. The number of hydrogen-bond acceptors (Lipinski definition) is 2. The lowest BCUT2D eigenvalue weighted by Crippen LogP contribution is -2.42. The van der Waals surface area contributed by atoms with Crippen molar-refractivity contribution in [2.45, 2.75) is 18.9 Å². The van der Waals surface area contributed by atoms with Crippen LogP contribution in [0, 0.1) is 5.92 Å². The minimum atomic E-state index is -0.228. The van der Waals surface area contributed by atoms with Crippen molar-refractivity contribution < 1.29 is 9.53 Å². The van der Waals surface area contributed by atoms with Crippen LogP contribution in [0.5, 0.6) is 0 Å². The van der Waals surface area contributed by atoms with E-state index in [2.05, 4.69) is 10.8 Å². The van der Waals surface area contributed by atoms with E-state index in [4.69, 9.17) is 0 Å². The van der Waals surface area contributed by atoms with Crippen molar-refractivity contribution in [3.05, 3.63) is 12.3 Å². The zero-order valence-electron chi connectivity index (χ0n) is 6.49. The quantitative estimate of drug-likeness (QED) is 0.526. The van der Waals surface area contributed by atoms with E-state index in [-0.39, 0.29) is 6.09 Å². The number of hydrogen-bond donors (Lipinski definition) is 0. The Balaban J connectivity index is 2.05. The van der Waals surface area contributed by atoms with E-state index in [1.54, 1.807) is 4.90 Å². The van der Waals surface area contributed by atoms with Crippen LogP contribution in [0.1, 0.15) is 12.8 Å². The van der Waals surface area contributed by atoms with Crippen LogP contribution in [-0.4, -0.2) is 24.1 Å². The smallest absolute Gasteiger partial charge is 0.413 e. The van der Waals surface area contributed by atoms with Gasteiger partial charge in [0.2, 0.25) is 0 Å². The second-order valence-electron chi connectivity index (χ2n) is 3.03. The van der Waals surface area contributed by atoms with Crippen molar-refractivity contribution in [3.8, 4) is 0 Å². The lowest BCUT2D eigenvalue weighted by atomic mass is 9.81. The number of amides is 1. The summed E-state index contributed by atoms with van der Waals surface area (Å²) < 4.78 is 4.62. The fraction of sp³-hybridized carbons (Fsp3) is 0.625. The van der Waals surface area contributed by atoms with Crippen LogP contribution >= 0.6 is 0 Å².